The van der Waals surface area contributed by atoms with Gasteiger partial charge in [-0.1, -0.05) is 0 Å². The summed E-state index contributed by atoms with van der Waals surface area (Å²) in [6, 6.07) is 0. The van der Waals surface area contributed by atoms with Crippen LogP contribution in [0.2, 0.25) is 13.3 Å². The van der Waals surface area contributed by atoms with E-state index in [1.54, 1.807) is 0 Å². The number of unbranched alkanes of at least 4 members (excludes halogenated alkanes) is 5. The van der Waals surface area contributed by atoms with Gasteiger partial charge in [-0.3, -0.25) is 0 Å². The molecular formula is C23H46O4Sn. The second-order valence-corrected chi connectivity index (χ2v) is 21.6. The Labute approximate surface area is 178 Å². The number of ether oxygens (including phenoxy) is 1. The van der Waals surface area contributed by atoms with Crippen LogP contribution < -0.4 is 0 Å². The van der Waals surface area contributed by atoms with E-state index >= 15 is 0 Å². The van der Waals surface area contributed by atoms with E-state index in [0.717, 1.165) is 25.7 Å². The standard InChI is InChI=1S/C11H19O4.3C4H9.Sn/c1-3-4-5-7-10(15-13)8-6-9-11(12)14-2;3*1-3-4-2;/h8,10,13H,3-5,7,9H2,1-2H3;3*1,3-4H2,2H3;/t10-;;;;/m1..../s1. The zero-order valence-corrected chi connectivity index (χ0v) is 22.1. The summed E-state index contributed by atoms with van der Waals surface area (Å²) in [4.78, 5) is 17.1. The van der Waals surface area contributed by atoms with Crippen LogP contribution in [-0.4, -0.2) is 42.8 Å². The van der Waals surface area contributed by atoms with Crippen molar-refractivity contribution in [1.29, 1.82) is 0 Å². The van der Waals surface area contributed by atoms with Gasteiger partial charge in [0.2, 0.25) is 0 Å². The summed E-state index contributed by atoms with van der Waals surface area (Å²) < 4.78 is 10.3. The molecule has 0 amide bonds. The molecule has 0 aliphatic carbocycles. The molecule has 0 unspecified atom stereocenters. The topological polar surface area (TPSA) is 55.8 Å². The van der Waals surface area contributed by atoms with Crippen molar-refractivity contribution in [2.24, 2.45) is 0 Å². The van der Waals surface area contributed by atoms with Crippen molar-refractivity contribution in [2.45, 2.75) is 118 Å². The minimum atomic E-state index is -2.76. The van der Waals surface area contributed by atoms with Crippen LogP contribution in [0.3, 0.4) is 0 Å². The molecule has 0 spiro atoms. The van der Waals surface area contributed by atoms with Crippen molar-refractivity contribution < 1.29 is 19.7 Å². The molecule has 0 radical (unpaired) electrons. The molecule has 0 aliphatic rings. The molecule has 166 valence electrons. The number of carbonyl (C=O) groups is 1. The van der Waals surface area contributed by atoms with E-state index < -0.39 is 18.4 Å². The van der Waals surface area contributed by atoms with Gasteiger partial charge in [0.15, 0.2) is 0 Å². The molecule has 1 N–H and O–H groups in total. The van der Waals surface area contributed by atoms with Crippen molar-refractivity contribution in [2.75, 3.05) is 7.11 Å². The van der Waals surface area contributed by atoms with Crippen molar-refractivity contribution in [3.8, 4) is 0 Å². The first-order valence-corrected chi connectivity index (χ1v) is 19.1. The van der Waals surface area contributed by atoms with Crippen LogP contribution in [0.1, 0.15) is 98.3 Å². The molecule has 0 aliphatic heterocycles. The van der Waals surface area contributed by atoms with Crippen LogP contribution in [-0.2, 0) is 14.4 Å². The predicted octanol–water partition coefficient (Wildman–Crippen LogP) is 7.30. The van der Waals surface area contributed by atoms with Gasteiger partial charge in [0.05, 0.1) is 0 Å². The van der Waals surface area contributed by atoms with Gasteiger partial charge in [-0.15, -0.1) is 0 Å². The van der Waals surface area contributed by atoms with E-state index in [1.807, 2.05) is 0 Å². The number of carbonyl (C=O) groups excluding carboxylic acids is 1. The Kier molecular flexibility index (Phi) is 17.7. The van der Waals surface area contributed by atoms with E-state index in [9.17, 15) is 10.1 Å². The molecular weight excluding hydrogens is 459 g/mol. The Balaban J connectivity index is 5.91. The van der Waals surface area contributed by atoms with Gasteiger partial charge in [0.25, 0.3) is 0 Å². The minimum absolute atomic E-state index is 0.151. The molecule has 0 saturated carbocycles. The summed E-state index contributed by atoms with van der Waals surface area (Å²) in [6.07, 6.45) is 13.6. The Morgan fingerprint density at radius 2 is 1.39 bits per heavy atom. The van der Waals surface area contributed by atoms with Gasteiger partial charge in [-0.25, -0.2) is 0 Å². The maximum absolute atomic E-state index is 12.3. The number of hydrogen-bond acceptors (Lipinski definition) is 4. The van der Waals surface area contributed by atoms with Crippen LogP contribution in [0.5, 0.6) is 0 Å². The second kappa shape index (κ2) is 17.8. The van der Waals surface area contributed by atoms with Crippen molar-refractivity contribution in [3.05, 3.63) is 9.67 Å². The molecule has 0 bridgehead atoms. The first-order chi connectivity index (χ1) is 13.5. The second-order valence-electron chi connectivity index (χ2n) is 8.18. The van der Waals surface area contributed by atoms with Crippen molar-refractivity contribution >= 4 is 24.3 Å². The monoisotopic (exact) mass is 506 g/mol. The molecule has 5 heteroatoms. The van der Waals surface area contributed by atoms with E-state index in [2.05, 4.69) is 33.8 Å². The molecule has 0 aromatic carbocycles. The van der Waals surface area contributed by atoms with Gasteiger partial charge >= 0.3 is 179 Å². The van der Waals surface area contributed by atoms with Gasteiger partial charge < -0.3 is 0 Å². The summed E-state index contributed by atoms with van der Waals surface area (Å²) in [6.45, 7) is 8.94. The van der Waals surface area contributed by atoms with Crippen LogP contribution in [0.25, 0.3) is 0 Å². The summed E-state index contributed by atoms with van der Waals surface area (Å²) in [5.74, 6) is -0.151. The summed E-state index contributed by atoms with van der Waals surface area (Å²) >= 11 is -2.76. The Morgan fingerprint density at radius 3 is 1.79 bits per heavy atom. The van der Waals surface area contributed by atoms with E-state index in [1.165, 1.54) is 62.5 Å². The van der Waals surface area contributed by atoms with Crippen LogP contribution in [0.4, 0.5) is 0 Å². The van der Waals surface area contributed by atoms with Gasteiger partial charge in [0, 0.05) is 0 Å². The van der Waals surface area contributed by atoms with Gasteiger partial charge in [-0.2, -0.15) is 0 Å². The Morgan fingerprint density at radius 1 is 0.893 bits per heavy atom. The molecule has 0 heterocycles. The zero-order chi connectivity index (χ0) is 21.3. The summed E-state index contributed by atoms with van der Waals surface area (Å²) in [7, 11) is 1.47. The number of methoxy groups -OCH3 is 1. The maximum atomic E-state index is 12.3. The SMILES string of the molecule is CCCCC[C@H](/C=[C](/CC(=O)OC)[Sn]([CH2]CCC)([CH2]CCC)[CH2]CCC)OO. The van der Waals surface area contributed by atoms with E-state index in [0.29, 0.717) is 6.42 Å². The number of esters is 1. The normalized spacial score (nSPS) is 13.6. The molecule has 0 rings (SSSR count). The third kappa shape index (κ3) is 11.2. The van der Waals surface area contributed by atoms with E-state index in [4.69, 9.17) is 9.62 Å². The first-order valence-electron chi connectivity index (χ1n) is 11.6. The number of rotatable bonds is 18. The molecule has 0 fully saturated rings. The van der Waals surface area contributed by atoms with Crippen molar-refractivity contribution in [1.82, 2.24) is 0 Å². The fraction of sp³-hybridized carbons (Fsp3) is 0.870. The quantitative estimate of drug-likeness (QED) is 0.0698. The average molecular weight is 505 g/mol. The Bertz CT molecular complexity index is 401. The molecule has 1 atom stereocenters. The van der Waals surface area contributed by atoms with Crippen molar-refractivity contribution in [3.63, 3.8) is 0 Å². The molecule has 28 heavy (non-hydrogen) atoms. The van der Waals surface area contributed by atoms with E-state index in [-0.39, 0.29) is 12.1 Å². The summed E-state index contributed by atoms with van der Waals surface area (Å²) in [5.41, 5.74) is 0. The first kappa shape index (κ1) is 27.9. The van der Waals surface area contributed by atoms with Gasteiger partial charge in [-0.05, 0) is 0 Å². The molecule has 0 aromatic heterocycles. The molecule has 4 nitrogen and oxygen atoms in total. The predicted molar refractivity (Wildman–Crippen MR) is 121 cm³/mol. The zero-order valence-electron chi connectivity index (χ0n) is 19.2. The fourth-order valence-electron chi connectivity index (χ4n) is 4.04. The summed E-state index contributed by atoms with van der Waals surface area (Å²) in [5, 5.41) is 9.52. The van der Waals surface area contributed by atoms with Crippen LogP contribution >= 0.6 is 0 Å². The van der Waals surface area contributed by atoms with Crippen LogP contribution in [0, 0.1) is 0 Å². The molecule has 0 aromatic rings. The van der Waals surface area contributed by atoms with Gasteiger partial charge in [0.1, 0.15) is 0 Å². The molecule has 0 saturated heterocycles. The fourth-order valence-corrected chi connectivity index (χ4v) is 20.8. The van der Waals surface area contributed by atoms with Crippen LogP contribution in [0.15, 0.2) is 9.67 Å². The third-order valence-corrected chi connectivity index (χ3v) is 22.0. The average Bonchev–Trinajstić information content (AvgIpc) is 2.72. The Hall–Kier alpha value is -0.0713. The third-order valence-electron chi connectivity index (χ3n) is 5.88. The number of hydrogen-bond donors (Lipinski definition) is 1.